The molecule has 1 aromatic rings. The summed E-state index contributed by atoms with van der Waals surface area (Å²) in [6.45, 7) is 0.284. The van der Waals surface area contributed by atoms with Crippen molar-refractivity contribution in [2.45, 2.75) is 6.43 Å². The standard InChI is InChI=1S/C9H9BrClF2NO/c10-6-4-8(15-2-1-11)7(14)3-5(6)9(12)13/h3-4,9H,1-2,14H2. The van der Waals surface area contributed by atoms with Gasteiger partial charge in [-0.3, -0.25) is 0 Å². The molecule has 0 atom stereocenters. The summed E-state index contributed by atoms with van der Waals surface area (Å²) in [5.74, 6) is 0.667. The number of nitrogens with two attached hydrogens (primary N) is 1. The van der Waals surface area contributed by atoms with Crippen LogP contribution in [0.1, 0.15) is 12.0 Å². The molecule has 2 N–H and O–H groups in total. The minimum atomic E-state index is -2.57. The van der Waals surface area contributed by atoms with Crippen molar-refractivity contribution in [1.29, 1.82) is 0 Å². The normalized spacial score (nSPS) is 10.7. The van der Waals surface area contributed by atoms with E-state index in [-0.39, 0.29) is 22.3 Å². The third kappa shape index (κ3) is 3.21. The third-order valence-electron chi connectivity index (χ3n) is 1.70. The number of anilines is 1. The van der Waals surface area contributed by atoms with Crippen LogP contribution >= 0.6 is 27.5 Å². The van der Waals surface area contributed by atoms with E-state index in [0.29, 0.717) is 11.6 Å². The van der Waals surface area contributed by atoms with Gasteiger partial charge >= 0.3 is 0 Å². The Balaban J connectivity index is 2.97. The van der Waals surface area contributed by atoms with Gasteiger partial charge in [-0.05, 0) is 12.1 Å². The molecule has 0 aliphatic carbocycles. The number of nitrogen functional groups attached to an aromatic ring is 1. The number of alkyl halides is 3. The molecule has 0 saturated heterocycles. The fourth-order valence-electron chi connectivity index (χ4n) is 1.03. The highest BCUT2D eigenvalue weighted by molar-refractivity contribution is 9.10. The average Bonchev–Trinajstić information content (AvgIpc) is 2.18. The highest BCUT2D eigenvalue weighted by Gasteiger charge is 2.14. The molecule has 0 unspecified atom stereocenters. The van der Waals surface area contributed by atoms with Crippen LogP contribution in [0.25, 0.3) is 0 Å². The summed E-state index contributed by atoms with van der Waals surface area (Å²) in [7, 11) is 0. The van der Waals surface area contributed by atoms with Crippen LogP contribution in [0, 0.1) is 0 Å². The number of rotatable bonds is 4. The van der Waals surface area contributed by atoms with Crippen LogP contribution in [0.3, 0.4) is 0 Å². The third-order valence-corrected chi connectivity index (χ3v) is 2.54. The lowest BCUT2D eigenvalue weighted by atomic mass is 10.2. The first-order chi connectivity index (χ1) is 7.06. The van der Waals surface area contributed by atoms with Gasteiger partial charge in [-0.2, -0.15) is 0 Å². The predicted molar refractivity (Wildman–Crippen MR) is 59.7 cm³/mol. The predicted octanol–water partition coefficient (Wildman–Crippen LogP) is 3.59. The van der Waals surface area contributed by atoms with Gasteiger partial charge in [-0.1, -0.05) is 15.9 Å². The minimum Gasteiger partial charge on any atom is -0.490 e. The second-order valence-electron chi connectivity index (χ2n) is 2.75. The molecule has 0 aliphatic heterocycles. The Bertz CT molecular complexity index is 349. The summed E-state index contributed by atoms with van der Waals surface area (Å²) in [6.07, 6.45) is -2.57. The highest BCUT2D eigenvalue weighted by Crippen LogP contribution is 2.34. The molecule has 0 fully saturated rings. The van der Waals surface area contributed by atoms with Gasteiger partial charge in [-0.25, -0.2) is 8.78 Å². The van der Waals surface area contributed by atoms with E-state index >= 15 is 0 Å². The maximum Gasteiger partial charge on any atom is 0.265 e. The molecular weight excluding hydrogens is 291 g/mol. The Morgan fingerprint density at radius 1 is 1.47 bits per heavy atom. The van der Waals surface area contributed by atoms with Gasteiger partial charge in [0, 0.05) is 10.0 Å². The van der Waals surface area contributed by atoms with E-state index < -0.39 is 6.43 Å². The highest BCUT2D eigenvalue weighted by atomic mass is 79.9. The molecule has 0 spiro atoms. The van der Waals surface area contributed by atoms with Crippen LogP contribution in [0.5, 0.6) is 5.75 Å². The summed E-state index contributed by atoms with van der Waals surface area (Å²) in [6, 6.07) is 2.61. The zero-order valence-corrected chi connectivity index (χ0v) is 9.99. The maximum atomic E-state index is 12.4. The van der Waals surface area contributed by atoms with Gasteiger partial charge < -0.3 is 10.5 Å². The van der Waals surface area contributed by atoms with E-state index in [1.54, 1.807) is 0 Å². The molecule has 0 aliphatic rings. The molecule has 15 heavy (non-hydrogen) atoms. The number of hydrogen-bond acceptors (Lipinski definition) is 2. The lowest BCUT2D eigenvalue weighted by Crippen LogP contribution is -2.02. The lowest BCUT2D eigenvalue weighted by molar-refractivity contribution is 0.150. The van der Waals surface area contributed by atoms with Crippen LogP contribution in [-0.4, -0.2) is 12.5 Å². The number of benzene rings is 1. The van der Waals surface area contributed by atoms with Crippen molar-refractivity contribution in [3.05, 3.63) is 22.2 Å². The molecule has 1 aromatic carbocycles. The second kappa shape index (κ2) is 5.51. The van der Waals surface area contributed by atoms with E-state index in [1.165, 1.54) is 12.1 Å². The zero-order valence-electron chi connectivity index (χ0n) is 7.64. The Hall–Kier alpha value is -0.550. The molecule has 0 aromatic heterocycles. The number of ether oxygens (including phenoxy) is 1. The average molecular weight is 301 g/mol. The smallest absolute Gasteiger partial charge is 0.265 e. The Morgan fingerprint density at radius 3 is 2.67 bits per heavy atom. The second-order valence-corrected chi connectivity index (χ2v) is 3.98. The molecule has 0 radical (unpaired) electrons. The summed E-state index contributed by atoms with van der Waals surface area (Å²) in [5, 5.41) is 0. The first-order valence-corrected chi connectivity index (χ1v) is 5.45. The first kappa shape index (κ1) is 12.5. The Labute approximate surface area is 99.5 Å². The summed E-state index contributed by atoms with van der Waals surface area (Å²) < 4.78 is 30.3. The van der Waals surface area contributed by atoms with Crippen LogP contribution < -0.4 is 10.5 Å². The van der Waals surface area contributed by atoms with Gasteiger partial charge in [0.2, 0.25) is 0 Å². The van der Waals surface area contributed by atoms with Gasteiger partial charge in [0.1, 0.15) is 12.4 Å². The van der Waals surface area contributed by atoms with Crippen molar-refractivity contribution in [2.24, 2.45) is 0 Å². The molecule has 0 saturated carbocycles. The fourth-order valence-corrected chi connectivity index (χ4v) is 1.60. The summed E-state index contributed by atoms with van der Waals surface area (Å²) >= 11 is 8.45. The lowest BCUT2D eigenvalue weighted by Gasteiger charge is -2.11. The maximum absolute atomic E-state index is 12.4. The van der Waals surface area contributed by atoms with E-state index in [0.717, 1.165) is 0 Å². The SMILES string of the molecule is Nc1cc(C(F)F)c(Br)cc1OCCCl. The largest absolute Gasteiger partial charge is 0.490 e. The number of hydrogen-bond donors (Lipinski definition) is 1. The van der Waals surface area contributed by atoms with Gasteiger partial charge in [0.15, 0.2) is 0 Å². The van der Waals surface area contributed by atoms with Crippen molar-refractivity contribution >= 4 is 33.2 Å². The van der Waals surface area contributed by atoms with Crippen LogP contribution in [0.4, 0.5) is 14.5 Å². The monoisotopic (exact) mass is 299 g/mol. The molecule has 6 heteroatoms. The molecule has 0 bridgehead atoms. The van der Waals surface area contributed by atoms with Gasteiger partial charge in [-0.15, -0.1) is 11.6 Å². The van der Waals surface area contributed by atoms with E-state index in [4.69, 9.17) is 22.1 Å². The van der Waals surface area contributed by atoms with Gasteiger partial charge in [0.25, 0.3) is 6.43 Å². The molecule has 2 nitrogen and oxygen atoms in total. The van der Waals surface area contributed by atoms with Crippen molar-refractivity contribution < 1.29 is 13.5 Å². The van der Waals surface area contributed by atoms with Crippen LogP contribution in [0.15, 0.2) is 16.6 Å². The first-order valence-electron chi connectivity index (χ1n) is 4.12. The van der Waals surface area contributed by atoms with Gasteiger partial charge in [0.05, 0.1) is 11.6 Å². The molecule has 84 valence electrons. The number of halogens is 4. The van der Waals surface area contributed by atoms with E-state index in [9.17, 15) is 8.78 Å². The van der Waals surface area contributed by atoms with Crippen LogP contribution in [0.2, 0.25) is 0 Å². The van der Waals surface area contributed by atoms with Crippen molar-refractivity contribution in [3.63, 3.8) is 0 Å². The van der Waals surface area contributed by atoms with Crippen LogP contribution in [-0.2, 0) is 0 Å². The van der Waals surface area contributed by atoms with Crippen molar-refractivity contribution in [1.82, 2.24) is 0 Å². The summed E-state index contributed by atoms with van der Waals surface area (Å²) in [4.78, 5) is 0. The molecule has 0 heterocycles. The topological polar surface area (TPSA) is 35.2 Å². The molecule has 1 rings (SSSR count). The Morgan fingerprint density at radius 2 is 2.13 bits per heavy atom. The zero-order chi connectivity index (χ0) is 11.4. The van der Waals surface area contributed by atoms with Crippen molar-refractivity contribution in [2.75, 3.05) is 18.2 Å². The molecule has 0 amide bonds. The van der Waals surface area contributed by atoms with E-state index in [2.05, 4.69) is 15.9 Å². The quantitative estimate of drug-likeness (QED) is 0.681. The van der Waals surface area contributed by atoms with E-state index in [1.807, 2.05) is 0 Å². The summed E-state index contributed by atoms with van der Waals surface area (Å²) in [5.41, 5.74) is 5.58. The fraction of sp³-hybridized carbons (Fsp3) is 0.333. The van der Waals surface area contributed by atoms with Crippen molar-refractivity contribution in [3.8, 4) is 5.75 Å². The Kier molecular flexibility index (Phi) is 4.60. The minimum absolute atomic E-state index is 0.147. The molecular formula is C9H9BrClF2NO.